The van der Waals surface area contributed by atoms with Gasteiger partial charge in [0.15, 0.2) is 0 Å². The van der Waals surface area contributed by atoms with Gasteiger partial charge in [0.2, 0.25) is 31.3 Å². The summed E-state index contributed by atoms with van der Waals surface area (Å²) >= 11 is 6.07. The molecule has 1 aliphatic heterocycles. The van der Waals surface area contributed by atoms with Gasteiger partial charge in [-0.2, -0.15) is 0 Å². The first-order chi connectivity index (χ1) is 9.54. The Labute approximate surface area is 128 Å². The summed E-state index contributed by atoms with van der Waals surface area (Å²) in [4.78, 5) is 12.6. The Balaban J connectivity index is 2.44. The molecular weight excluding hydrogens is 313 g/mol. The van der Waals surface area contributed by atoms with Crippen molar-refractivity contribution in [3.63, 3.8) is 0 Å². The highest BCUT2D eigenvalue weighted by Crippen LogP contribution is 2.41. The van der Waals surface area contributed by atoms with Crippen molar-refractivity contribution in [2.24, 2.45) is 5.73 Å². The number of ether oxygens (including phenoxy) is 1. The van der Waals surface area contributed by atoms with Crippen LogP contribution >= 0.6 is 11.6 Å². The van der Waals surface area contributed by atoms with Gasteiger partial charge >= 0.3 is 0 Å². The predicted octanol–water partition coefficient (Wildman–Crippen LogP) is 3.27. The van der Waals surface area contributed by atoms with Gasteiger partial charge in [-0.05, 0) is 44.8 Å². The molecule has 7 heteroatoms. The average Bonchev–Trinajstić information content (AvgIpc) is 2.55. The van der Waals surface area contributed by atoms with E-state index in [0.717, 1.165) is 0 Å². The predicted molar refractivity (Wildman–Crippen MR) is 80.5 cm³/mol. The van der Waals surface area contributed by atoms with E-state index >= 15 is 0 Å². The maximum absolute atomic E-state index is 13.5. The molecule has 1 aromatic rings. The van der Waals surface area contributed by atoms with E-state index in [1.165, 1.54) is 25.1 Å². The lowest BCUT2D eigenvalue weighted by Crippen LogP contribution is -2.34. The summed E-state index contributed by atoms with van der Waals surface area (Å²) in [7, 11) is -2.04. The molecule has 21 heavy (non-hydrogen) atoms. The number of halogens is 2. The van der Waals surface area contributed by atoms with Crippen LogP contribution in [0.1, 0.15) is 12.5 Å². The van der Waals surface area contributed by atoms with E-state index < -0.39 is 25.5 Å². The smallest absolute Gasteiger partial charge is 0.249 e. The van der Waals surface area contributed by atoms with Crippen LogP contribution < -0.4 is 5.73 Å². The van der Waals surface area contributed by atoms with Gasteiger partial charge in [-0.15, -0.1) is 0 Å². The highest BCUT2D eigenvalue weighted by Gasteiger charge is 2.50. The molecule has 2 N–H and O–H groups in total. The highest BCUT2D eigenvalue weighted by molar-refractivity contribution is 6.70. The van der Waals surface area contributed by atoms with Crippen LogP contribution in [0.25, 0.3) is 0 Å². The van der Waals surface area contributed by atoms with Gasteiger partial charge in [0, 0.05) is 10.6 Å². The second-order valence-electron chi connectivity index (χ2n) is 6.00. The number of ketones is 1. The molecule has 4 nitrogen and oxygen atoms in total. The van der Waals surface area contributed by atoms with Gasteiger partial charge in [-0.25, -0.2) is 4.39 Å². The van der Waals surface area contributed by atoms with E-state index in [1.807, 2.05) is 19.6 Å². The number of carbonyl (C=O) groups excluding carboxylic acids is 1. The summed E-state index contributed by atoms with van der Waals surface area (Å²) in [5.41, 5.74) is 4.53. The molecule has 2 rings (SSSR count). The molecule has 1 aromatic carbocycles. The molecule has 0 aliphatic carbocycles. The van der Waals surface area contributed by atoms with E-state index in [2.05, 4.69) is 0 Å². The SMILES string of the molecule is CC1(c2cc(F)ccc2Cl)OC(N)=C(O[Si](C)(C)C)C1=O. The minimum absolute atomic E-state index is 0.00278. The van der Waals surface area contributed by atoms with Crippen LogP contribution in [-0.2, 0) is 19.6 Å². The molecule has 1 atom stereocenters. The number of hydrogen-bond donors (Lipinski definition) is 1. The summed E-state index contributed by atoms with van der Waals surface area (Å²) in [5, 5.41) is 0.231. The van der Waals surface area contributed by atoms with Crippen LogP contribution in [0.4, 0.5) is 4.39 Å². The topological polar surface area (TPSA) is 61.6 Å². The maximum atomic E-state index is 13.5. The van der Waals surface area contributed by atoms with Crippen molar-refractivity contribution in [3.05, 3.63) is 46.2 Å². The van der Waals surface area contributed by atoms with E-state index in [9.17, 15) is 9.18 Å². The number of nitrogens with two attached hydrogens (primary N) is 1. The lowest BCUT2D eigenvalue weighted by molar-refractivity contribution is -0.131. The summed E-state index contributed by atoms with van der Waals surface area (Å²) in [6.07, 6.45) is 0. The second kappa shape index (κ2) is 5.03. The third-order valence-corrected chi connectivity index (χ3v) is 4.17. The minimum atomic E-state index is -2.04. The van der Waals surface area contributed by atoms with Gasteiger partial charge in [0.05, 0.1) is 0 Å². The van der Waals surface area contributed by atoms with Crippen LogP contribution in [0.3, 0.4) is 0 Å². The van der Waals surface area contributed by atoms with Crippen molar-refractivity contribution in [2.75, 3.05) is 0 Å². The fraction of sp³-hybridized carbons (Fsp3) is 0.357. The monoisotopic (exact) mass is 329 g/mol. The van der Waals surface area contributed by atoms with Gasteiger partial charge in [-0.3, -0.25) is 4.79 Å². The quantitative estimate of drug-likeness (QED) is 0.864. The van der Waals surface area contributed by atoms with Crippen LogP contribution in [0.2, 0.25) is 24.7 Å². The molecule has 114 valence electrons. The van der Waals surface area contributed by atoms with Crippen LogP contribution in [0, 0.1) is 5.82 Å². The Morgan fingerprint density at radius 3 is 2.57 bits per heavy atom. The molecular formula is C14H17ClFNO3Si. The molecule has 0 saturated carbocycles. The summed E-state index contributed by atoms with van der Waals surface area (Å²) < 4.78 is 24.7. The summed E-state index contributed by atoms with van der Waals surface area (Å²) in [5.74, 6) is -1.05. The number of carbonyl (C=O) groups is 1. The molecule has 0 spiro atoms. The maximum Gasteiger partial charge on any atom is 0.249 e. The van der Waals surface area contributed by atoms with Crippen LogP contribution in [-0.4, -0.2) is 14.1 Å². The Bertz CT molecular complexity index is 642. The highest BCUT2D eigenvalue weighted by atomic mass is 35.5. The zero-order valence-corrected chi connectivity index (χ0v) is 14.0. The number of Topliss-reactive ketones (excluding diaryl/α,β-unsaturated/α-hetero) is 1. The van der Waals surface area contributed by atoms with Crippen molar-refractivity contribution < 1.29 is 18.3 Å². The van der Waals surface area contributed by atoms with E-state index in [4.69, 9.17) is 26.5 Å². The fourth-order valence-corrected chi connectivity index (χ4v) is 3.19. The lowest BCUT2D eigenvalue weighted by Gasteiger charge is -2.24. The minimum Gasteiger partial charge on any atom is -0.538 e. The first-order valence-electron chi connectivity index (χ1n) is 6.43. The Hall–Kier alpha value is -1.53. The van der Waals surface area contributed by atoms with Gasteiger partial charge in [0.25, 0.3) is 0 Å². The molecule has 0 bridgehead atoms. The molecule has 0 saturated heterocycles. The van der Waals surface area contributed by atoms with Crippen molar-refractivity contribution in [1.82, 2.24) is 0 Å². The molecule has 0 amide bonds. The van der Waals surface area contributed by atoms with Gasteiger partial charge < -0.3 is 14.9 Å². The Kier molecular flexibility index (Phi) is 3.80. The van der Waals surface area contributed by atoms with Crippen molar-refractivity contribution in [3.8, 4) is 0 Å². The summed E-state index contributed by atoms with van der Waals surface area (Å²) in [6, 6.07) is 3.76. The standard InChI is InChI=1S/C14H17ClFNO3Si/c1-14(9-7-8(16)5-6-10(9)15)12(18)11(13(17)19-14)20-21(2,3)4/h5-7H,17H2,1-4H3. The Morgan fingerprint density at radius 1 is 1.38 bits per heavy atom. The normalized spacial score (nSPS) is 22.5. The van der Waals surface area contributed by atoms with Crippen molar-refractivity contribution in [1.29, 1.82) is 0 Å². The molecule has 0 fully saturated rings. The summed E-state index contributed by atoms with van der Waals surface area (Å²) in [6.45, 7) is 7.27. The van der Waals surface area contributed by atoms with Crippen molar-refractivity contribution >= 4 is 25.7 Å². The van der Waals surface area contributed by atoms with E-state index in [1.54, 1.807) is 0 Å². The average molecular weight is 330 g/mol. The largest absolute Gasteiger partial charge is 0.538 e. The second-order valence-corrected chi connectivity index (χ2v) is 10.8. The molecule has 1 heterocycles. The Morgan fingerprint density at radius 2 is 2.00 bits per heavy atom. The number of benzene rings is 1. The first kappa shape index (κ1) is 15.8. The molecule has 0 radical (unpaired) electrons. The van der Waals surface area contributed by atoms with E-state index in [-0.39, 0.29) is 22.2 Å². The number of rotatable bonds is 3. The molecule has 0 aromatic heterocycles. The molecule has 1 aliphatic rings. The van der Waals surface area contributed by atoms with Crippen LogP contribution in [0.15, 0.2) is 29.8 Å². The zero-order valence-electron chi connectivity index (χ0n) is 12.3. The van der Waals surface area contributed by atoms with Gasteiger partial charge in [-0.1, -0.05) is 11.6 Å². The van der Waals surface area contributed by atoms with Gasteiger partial charge in [0.1, 0.15) is 5.82 Å². The lowest BCUT2D eigenvalue weighted by atomic mass is 9.91. The van der Waals surface area contributed by atoms with Crippen molar-refractivity contribution in [2.45, 2.75) is 32.2 Å². The third kappa shape index (κ3) is 2.91. The first-order valence-corrected chi connectivity index (χ1v) is 10.2. The fourth-order valence-electron chi connectivity index (χ4n) is 2.08. The zero-order chi connectivity index (χ0) is 16.0. The number of hydrogen-bond acceptors (Lipinski definition) is 4. The third-order valence-electron chi connectivity index (χ3n) is 3.03. The van der Waals surface area contributed by atoms with E-state index in [0.29, 0.717) is 0 Å². The molecule has 1 unspecified atom stereocenters. The van der Waals surface area contributed by atoms with Crippen LogP contribution in [0.5, 0.6) is 0 Å².